The molecule has 0 radical (unpaired) electrons. The Bertz CT molecular complexity index is 2280. The first kappa shape index (κ1) is 32.1. The molecule has 4 aliphatic rings. The van der Waals surface area contributed by atoms with Gasteiger partial charge in [-0.2, -0.15) is 0 Å². The zero-order valence-electron chi connectivity index (χ0n) is 28.0. The SMILES string of the molecule is CCOc1cc([C@@H]2c3sc(=O)[nH]c3S[C@@H]3[C@@H]4C[C@@H]([C@@H]5C(=O)N(c6ccc(C)cc6)C(=O)[C@@H]45)[C@H]23)ccc1OCC(=O)Nc1cccc2ccccc12. The number of aromatic amines is 1. The van der Waals surface area contributed by atoms with Crippen molar-refractivity contribution in [2.75, 3.05) is 23.4 Å². The number of nitrogens with one attached hydrogen (secondary N) is 2. The largest absolute Gasteiger partial charge is 0.490 e. The van der Waals surface area contributed by atoms with E-state index in [1.165, 1.54) is 16.2 Å². The van der Waals surface area contributed by atoms with Gasteiger partial charge >= 0.3 is 4.87 Å². The Morgan fingerprint density at radius 3 is 2.47 bits per heavy atom. The Balaban J connectivity index is 1.01. The number of aromatic nitrogens is 1. The molecule has 51 heavy (non-hydrogen) atoms. The first-order chi connectivity index (χ1) is 24.8. The molecule has 11 heteroatoms. The van der Waals surface area contributed by atoms with Crippen LogP contribution in [0.1, 0.15) is 35.3 Å². The second-order valence-corrected chi connectivity index (χ2v) is 16.0. The van der Waals surface area contributed by atoms with Crippen LogP contribution in [-0.4, -0.2) is 41.2 Å². The minimum atomic E-state index is -0.389. The molecule has 3 fully saturated rings. The van der Waals surface area contributed by atoms with E-state index < -0.39 is 0 Å². The van der Waals surface area contributed by atoms with E-state index >= 15 is 0 Å². The summed E-state index contributed by atoms with van der Waals surface area (Å²) in [6.45, 7) is 4.05. The number of anilines is 2. The number of amides is 3. The van der Waals surface area contributed by atoms with Gasteiger partial charge in [0.2, 0.25) is 11.8 Å². The third-order valence-electron chi connectivity index (χ3n) is 11.1. The Kier molecular flexibility index (Phi) is 7.81. The molecular weight excluding hydrogens is 683 g/mol. The maximum Gasteiger partial charge on any atom is 0.305 e. The van der Waals surface area contributed by atoms with E-state index in [-0.39, 0.29) is 70.0 Å². The molecule has 2 aliphatic carbocycles. The molecule has 1 saturated heterocycles. The van der Waals surface area contributed by atoms with Crippen LogP contribution in [0.4, 0.5) is 11.4 Å². The second kappa shape index (κ2) is 12.4. The molecule has 3 heterocycles. The molecule has 5 aromatic rings. The predicted molar refractivity (Wildman–Crippen MR) is 198 cm³/mol. The Labute approximate surface area is 302 Å². The summed E-state index contributed by atoms with van der Waals surface area (Å²) in [7, 11) is 0. The van der Waals surface area contributed by atoms with E-state index in [1.807, 2.05) is 98.8 Å². The van der Waals surface area contributed by atoms with Crippen LogP contribution >= 0.6 is 23.1 Å². The van der Waals surface area contributed by atoms with E-state index in [0.29, 0.717) is 29.5 Å². The van der Waals surface area contributed by atoms with Crippen molar-refractivity contribution in [2.45, 2.75) is 36.5 Å². The van der Waals surface area contributed by atoms with Crippen molar-refractivity contribution in [2.24, 2.45) is 29.6 Å². The van der Waals surface area contributed by atoms with E-state index in [2.05, 4.69) is 10.3 Å². The van der Waals surface area contributed by atoms with Gasteiger partial charge in [0.15, 0.2) is 18.1 Å². The Morgan fingerprint density at radius 1 is 0.902 bits per heavy atom. The topological polar surface area (TPSA) is 118 Å². The Hall–Kier alpha value is -4.87. The van der Waals surface area contributed by atoms with Gasteiger partial charge in [0.25, 0.3) is 5.91 Å². The highest BCUT2D eigenvalue weighted by Gasteiger charge is 2.69. The van der Waals surface area contributed by atoms with Crippen LogP contribution in [0.15, 0.2) is 94.7 Å². The van der Waals surface area contributed by atoms with Gasteiger partial charge in [-0.15, -0.1) is 11.8 Å². The number of thiazole rings is 1. The second-order valence-electron chi connectivity index (χ2n) is 13.8. The van der Waals surface area contributed by atoms with Gasteiger partial charge in [-0.05, 0) is 79.3 Å². The lowest BCUT2D eigenvalue weighted by Gasteiger charge is -2.43. The molecule has 0 unspecified atom stereocenters. The van der Waals surface area contributed by atoms with Crippen LogP contribution in [0.3, 0.4) is 0 Å². The third-order valence-corrected chi connectivity index (χ3v) is 13.7. The fraction of sp³-hybridized carbons (Fsp3) is 0.300. The van der Waals surface area contributed by atoms with Gasteiger partial charge in [-0.25, -0.2) is 0 Å². The highest BCUT2D eigenvalue weighted by atomic mass is 32.2. The summed E-state index contributed by atoms with van der Waals surface area (Å²) in [6.07, 6.45) is 0.803. The number of hydrogen-bond acceptors (Lipinski definition) is 8. The number of thioether (sulfide) groups is 1. The molecule has 1 aromatic heterocycles. The van der Waals surface area contributed by atoms with Crippen LogP contribution in [0.2, 0.25) is 0 Å². The van der Waals surface area contributed by atoms with Crippen LogP contribution < -0.4 is 24.6 Å². The van der Waals surface area contributed by atoms with E-state index in [4.69, 9.17) is 9.47 Å². The molecule has 9 nitrogen and oxygen atoms in total. The number of nitrogens with zero attached hydrogens (tertiary/aromatic N) is 1. The fourth-order valence-electron chi connectivity index (χ4n) is 9.11. The number of benzene rings is 4. The number of carbonyl (C=O) groups is 3. The first-order valence-corrected chi connectivity index (χ1v) is 19.0. The number of hydrogen-bond donors (Lipinski definition) is 2. The first-order valence-electron chi connectivity index (χ1n) is 17.3. The molecular formula is C40H35N3O6S2. The molecule has 0 spiro atoms. The minimum absolute atomic E-state index is 0.0102. The highest BCUT2D eigenvalue weighted by molar-refractivity contribution is 8.00. The lowest BCUT2D eigenvalue weighted by atomic mass is 9.68. The summed E-state index contributed by atoms with van der Waals surface area (Å²) < 4.78 is 12.1. The number of rotatable bonds is 8. The summed E-state index contributed by atoms with van der Waals surface area (Å²) in [5.41, 5.74) is 3.36. The van der Waals surface area contributed by atoms with Gasteiger partial charge in [0, 0.05) is 27.1 Å². The van der Waals surface area contributed by atoms with Crippen LogP contribution in [-0.2, 0) is 14.4 Å². The number of ether oxygens (including phenoxy) is 2. The molecule has 2 saturated carbocycles. The van der Waals surface area contributed by atoms with E-state index in [1.54, 1.807) is 11.8 Å². The van der Waals surface area contributed by atoms with Gasteiger partial charge < -0.3 is 19.8 Å². The smallest absolute Gasteiger partial charge is 0.305 e. The molecule has 4 aromatic carbocycles. The summed E-state index contributed by atoms with van der Waals surface area (Å²) >= 11 is 2.88. The van der Waals surface area contributed by atoms with E-state index in [9.17, 15) is 19.2 Å². The number of imide groups is 1. The zero-order chi connectivity index (χ0) is 35.0. The monoisotopic (exact) mass is 717 g/mol. The summed E-state index contributed by atoms with van der Waals surface area (Å²) in [5.74, 6) is -0.434. The molecule has 2 bridgehead atoms. The highest BCUT2D eigenvalue weighted by Crippen LogP contribution is 2.68. The standard InChI is InChI=1S/C40H35N3O6S2/c1-3-48-29-17-22(13-16-28(29)49-19-30(44)41-27-10-6-8-21-7-4-5-9-24(21)27)31-32-25-18-26(35(32)50-37-36(31)51-40(47)42-37)34-33(25)38(45)43(39(34)46)23-14-11-20(2)12-15-23/h4-17,25-26,31-35H,3,18-19H2,1-2H3,(H,41,44)(H,42,47)/t25-,26-,31+,32-,33+,34+,35-/m1/s1. The minimum Gasteiger partial charge on any atom is -0.490 e. The maximum atomic E-state index is 14.1. The zero-order valence-corrected chi connectivity index (χ0v) is 29.6. The average molecular weight is 718 g/mol. The van der Waals surface area contributed by atoms with Crippen molar-refractivity contribution in [3.63, 3.8) is 0 Å². The fourth-order valence-corrected chi connectivity index (χ4v) is 12.0. The molecule has 2 N–H and O–H groups in total. The van der Waals surface area contributed by atoms with Crippen molar-refractivity contribution in [3.8, 4) is 11.5 Å². The van der Waals surface area contributed by atoms with Crippen molar-refractivity contribution < 1.29 is 23.9 Å². The van der Waals surface area contributed by atoms with Crippen LogP contribution in [0, 0.1) is 36.5 Å². The number of aryl methyl sites for hydroxylation is 1. The summed E-state index contributed by atoms with van der Waals surface area (Å²) in [6, 6.07) is 27.0. The Morgan fingerprint density at radius 2 is 1.67 bits per heavy atom. The van der Waals surface area contributed by atoms with Crippen molar-refractivity contribution in [1.82, 2.24) is 4.98 Å². The number of carbonyl (C=O) groups excluding carboxylic acids is 3. The average Bonchev–Trinajstić information content (AvgIpc) is 3.87. The van der Waals surface area contributed by atoms with E-state index in [0.717, 1.165) is 38.2 Å². The number of fused-ring (bicyclic) bond motifs is 10. The van der Waals surface area contributed by atoms with Crippen molar-refractivity contribution in [3.05, 3.63) is 111 Å². The van der Waals surface area contributed by atoms with Gasteiger partial charge in [0.05, 0.1) is 29.2 Å². The van der Waals surface area contributed by atoms with Gasteiger partial charge in [-0.1, -0.05) is 71.5 Å². The van der Waals surface area contributed by atoms with Crippen molar-refractivity contribution in [1.29, 1.82) is 0 Å². The lowest BCUT2D eigenvalue weighted by Crippen LogP contribution is -2.42. The number of H-pyrrole nitrogens is 1. The summed E-state index contributed by atoms with van der Waals surface area (Å²) in [5, 5.41) is 5.86. The predicted octanol–water partition coefficient (Wildman–Crippen LogP) is 6.99. The molecule has 3 amide bonds. The molecule has 9 rings (SSSR count). The van der Waals surface area contributed by atoms with Crippen molar-refractivity contribution >= 4 is 63.0 Å². The lowest BCUT2D eigenvalue weighted by molar-refractivity contribution is -0.123. The van der Waals surface area contributed by atoms with Crippen LogP contribution in [0.5, 0.6) is 11.5 Å². The van der Waals surface area contributed by atoms with Gasteiger partial charge in [0.1, 0.15) is 0 Å². The molecule has 2 aliphatic heterocycles. The summed E-state index contributed by atoms with van der Waals surface area (Å²) in [4.78, 5) is 59.2. The van der Waals surface area contributed by atoms with Gasteiger partial charge in [-0.3, -0.25) is 24.1 Å². The van der Waals surface area contributed by atoms with Crippen LogP contribution in [0.25, 0.3) is 10.8 Å². The molecule has 258 valence electrons. The molecule has 7 atom stereocenters. The quantitative estimate of drug-likeness (QED) is 0.166. The maximum absolute atomic E-state index is 14.1. The normalized spacial score (nSPS) is 25.8. The third kappa shape index (κ3) is 5.19.